The van der Waals surface area contributed by atoms with E-state index in [-0.39, 0.29) is 23.3 Å². The van der Waals surface area contributed by atoms with Crippen molar-refractivity contribution in [2.45, 2.75) is 26.2 Å². The van der Waals surface area contributed by atoms with Crippen molar-refractivity contribution >= 4 is 17.3 Å². The van der Waals surface area contributed by atoms with Crippen LogP contribution in [0.4, 0.5) is 0 Å². The van der Waals surface area contributed by atoms with E-state index in [1.807, 2.05) is 37.3 Å². The molecule has 2 heterocycles. The smallest absolute Gasteiger partial charge is 0.287 e. The Hall–Kier alpha value is -3.15. The highest BCUT2D eigenvalue weighted by atomic mass is 16.2. The summed E-state index contributed by atoms with van der Waals surface area (Å²) in [7, 11) is 0. The third kappa shape index (κ3) is 4.53. The average Bonchev–Trinajstić information content (AvgIpc) is 3.10. The topological polar surface area (TPSA) is 75.5 Å². The number of aryl methyl sites for hydroxylation is 1. The minimum Gasteiger partial charge on any atom is -0.351 e. The lowest BCUT2D eigenvalue weighted by atomic mass is 10.1. The van der Waals surface area contributed by atoms with Gasteiger partial charge in [0.05, 0.1) is 5.52 Å². The van der Waals surface area contributed by atoms with Crippen molar-refractivity contribution in [2.75, 3.05) is 13.1 Å². The van der Waals surface area contributed by atoms with E-state index in [0.29, 0.717) is 18.6 Å². The van der Waals surface area contributed by atoms with Gasteiger partial charge in [-0.3, -0.25) is 14.0 Å². The Morgan fingerprint density at radius 3 is 2.48 bits per heavy atom. The van der Waals surface area contributed by atoms with E-state index in [1.54, 1.807) is 16.7 Å². The third-order valence-electron chi connectivity index (χ3n) is 4.27. The Balaban J connectivity index is 1.68. The number of pyridine rings is 1. The van der Waals surface area contributed by atoms with Crippen LogP contribution in [0.3, 0.4) is 0 Å². The number of carbonyl (C=O) groups is 2. The first-order valence-electron chi connectivity index (χ1n) is 9.28. The summed E-state index contributed by atoms with van der Waals surface area (Å²) in [6, 6.07) is 15.6. The van der Waals surface area contributed by atoms with Crippen LogP contribution in [0.25, 0.3) is 5.52 Å². The first-order valence-corrected chi connectivity index (χ1v) is 9.28. The van der Waals surface area contributed by atoms with Crippen molar-refractivity contribution in [2.24, 2.45) is 0 Å². The second-order valence-corrected chi connectivity index (χ2v) is 6.34. The van der Waals surface area contributed by atoms with E-state index in [9.17, 15) is 9.59 Å². The van der Waals surface area contributed by atoms with Crippen LogP contribution in [-0.2, 0) is 6.42 Å². The fraction of sp³-hybridized carbons (Fsp3) is 0.286. The molecule has 0 atom stereocenters. The number of benzene rings is 1. The minimum atomic E-state index is -0.279. The maximum absolute atomic E-state index is 12.6. The second-order valence-electron chi connectivity index (χ2n) is 6.34. The van der Waals surface area contributed by atoms with Gasteiger partial charge in [-0.15, -0.1) is 0 Å². The van der Waals surface area contributed by atoms with E-state index in [0.717, 1.165) is 19.3 Å². The van der Waals surface area contributed by atoms with Crippen molar-refractivity contribution in [3.05, 3.63) is 71.8 Å². The largest absolute Gasteiger partial charge is 0.351 e. The zero-order valence-electron chi connectivity index (χ0n) is 15.4. The lowest BCUT2D eigenvalue weighted by Gasteiger charge is -2.05. The third-order valence-corrected chi connectivity index (χ3v) is 4.27. The second kappa shape index (κ2) is 8.98. The van der Waals surface area contributed by atoms with Crippen molar-refractivity contribution in [3.63, 3.8) is 0 Å². The lowest BCUT2D eigenvalue weighted by molar-refractivity contribution is 0.0942. The van der Waals surface area contributed by atoms with Crippen molar-refractivity contribution in [3.8, 4) is 0 Å². The molecule has 2 N–H and O–H groups in total. The van der Waals surface area contributed by atoms with Gasteiger partial charge >= 0.3 is 0 Å². The number of aromatic nitrogens is 2. The Morgan fingerprint density at radius 1 is 0.963 bits per heavy atom. The van der Waals surface area contributed by atoms with Gasteiger partial charge in [0.15, 0.2) is 5.69 Å². The molecule has 0 aliphatic heterocycles. The number of imidazole rings is 1. The summed E-state index contributed by atoms with van der Waals surface area (Å²) in [6.45, 7) is 3.11. The molecule has 0 spiro atoms. The summed E-state index contributed by atoms with van der Waals surface area (Å²) in [5.41, 5.74) is 2.15. The molecule has 0 saturated carbocycles. The molecule has 0 fully saturated rings. The molecule has 0 saturated heterocycles. The quantitative estimate of drug-likeness (QED) is 0.604. The van der Waals surface area contributed by atoms with Crippen molar-refractivity contribution in [1.29, 1.82) is 0 Å². The molecule has 27 heavy (non-hydrogen) atoms. The fourth-order valence-corrected chi connectivity index (χ4v) is 2.91. The summed E-state index contributed by atoms with van der Waals surface area (Å²) in [4.78, 5) is 29.3. The van der Waals surface area contributed by atoms with Crippen LogP contribution in [0.2, 0.25) is 0 Å². The SMILES string of the molecule is CCCNC(=O)c1nc(C(=O)NCCCc2ccccc2)n2ccccc12. The van der Waals surface area contributed by atoms with Gasteiger partial charge in [0.2, 0.25) is 5.82 Å². The Morgan fingerprint density at radius 2 is 1.70 bits per heavy atom. The average molecular weight is 364 g/mol. The monoisotopic (exact) mass is 364 g/mol. The van der Waals surface area contributed by atoms with Gasteiger partial charge in [-0.2, -0.15) is 0 Å². The zero-order chi connectivity index (χ0) is 19.1. The van der Waals surface area contributed by atoms with Gasteiger partial charge < -0.3 is 10.6 Å². The molecular weight excluding hydrogens is 340 g/mol. The number of amides is 2. The van der Waals surface area contributed by atoms with Gasteiger partial charge in [-0.25, -0.2) is 4.98 Å². The molecule has 3 aromatic rings. The summed E-state index contributed by atoms with van der Waals surface area (Å²) in [5, 5.41) is 5.72. The normalized spacial score (nSPS) is 10.7. The molecule has 140 valence electrons. The van der Waals surface area contributed by atoms with Crippen LogP contribution < -0.4 is 10.6 Å². The molecule has 6 heteroatoms. The van der Waals surface area contributed by atoms with Gasteiger partial charge in [0, 0.05) is 19.3 Å². The van der Waals surface area contributed by atoms with Gasteiger partial charge in [-0.05, 0) is 37.0 Å². The number of hydrogen-bond acceptors (Lipinski definition) is 3. The van der Waals surface area contributed by atoms with E-state index in [1.165, 1.54) is 5.56 Å². The summed E-state index contributed by atoms with van der Waals surface area (Å²) in [6.07, 6.45) is 4.32. The number of carbonyl (C=O) groups excluding carboxylic acids is 2. The van der Waals surface area contributed by atoms with Crippen LogP contribution in [0.5, 0.6) is 0 Å². The van der Waals surface area contributed by atoms with E-state index < -0.39 is 0 Å². The van der Waals surface area contributed by atoms with Crippen LogP contribution in [0.1, 0.15) is 46.4 Å². The summed E-state index contributed by atoms with van der Waals surface area (Å²) < 4.78 is 1.66. The van der Waals surface area contributed by atoms with Crippen LogP contribution in [-0.4, -0.2) is 34.3 Å². The predicted octanol–water partition coefficient (Wildman–Crippen LogP) is 2.84. The maximum Gasteiger partial charge on any atom is 0.287 e. The highest BCUT2D eigenvalue weighted by Gasteiger charge is 2.20. The molecular formula is C21H24N4O2. The van der Waals surface area contributed by atoms with Gasteiger partial charge in [0.25, 0.3) is 11.8 Å². The number of nitrogens with zero attached hydrogens (tertiary/aromatic N) is 2. The number of rotatable bonds is 8. The number of hydrogen-bond donors (Lipinski definition) is 2. The molecule has 0 aliphatic carbocycles. The molecule has 2 amide bonds. The maximum atomic E-state index is 12.6. The molecule has 0 bridgehead atoms. The van der Waals surface area contributed by atoms with Crippen molar-refractivity contribution < 1.29 is 9.59 Å². The van der Waals surface area contributed by atoms with E-state index in [2.05, 4.69) is 27.8 Å². The molecule has 0 aliphatic rings. The zero-order valence-corrected chi connectivity index (χ0v) is 15.4. The fourth-order valence-electron chi connectivity index (χ4n) is 2.91. The Bertz CT molecular complexity index is 918. The lowest BCUT2D eigenvalue weighted by Crippen LogP contribution is -2.27. The predicted molar refractivity (Wildman–Crippen MR) is 105 cm³/mol. The molecule has 3 rings (SSSR count). The van der Waals surface area contributed by atoms with Crippen molar-refractivity contribution in [1.82, 2.24) is 20.0 Å². The molecule has 1 aromatic carbocycles. The highest BCUT2D eigenvalue weighted by Crippen LogP contribution is 2.13. The first kappa shape index (κ1) is 18.6. The minimum absolute atomic E-state index is 0.229. The first-order chi connectivity index (χ1) is 13.2. The standard InChI is InChI=1S/C21H24N4O2/c1-2-13-22-20(26)18-17-12-6-7-15-25(17)19(24-18)21(27)23-14-8-11-16-9-4-3-5-10-16/h3-7,9-10,12,15H,2,8,11,13-14H2,1H3,(H,22,26)(H,23,27). The molecule has 0 radical (unpaired) electrons. The molecule has 6 nitrogen and oxygen atoms in total. The van der Waals surface area contributed by atoms with Gasteiger partial charge in [0.1, 0.15) is 0 Å². The van der Waals surface area contributed by atoms with Gasteiger partial charge in [-0.1, -0.05) is 43.3 Å². The highest BCUT2D eigenvalue weighted by molar-refractivity contribution is 6.02. The van der Waals surface area contributed by atoms with E-state index in [4.69, 9.17) is 0 Å². The van der Waals surface area contributed by atoms with Crippen LogP contribution in [0, 0.1) is 0 Å². The molecule has 0 unspecified atom stereocenters. The van der Waals surface area contributed by atoms with Crippen LogP contribution >= 0.6 is 0 Å². The van der Waals surface area contributed by atoms with E-state index >= 15 is 0 Å². The molecule has 2 aromatic heterocycles. The number of nitrogens with one attached hydrogen (secondary N) is 2. The number of fused-ring (bicyclic) bond motifs is 1. The Kier molecular flexibility index (Phi) is 6.20. The van der Waals surface area contributed by atoms with Crippen LogP contribution in [0.15, 0.2) is 54.7 Å². The summed E-state index contributed by atoms with van der Waals surface area (Å²) in [5.74, 6) is -0.311. The Labute approximate surface area is 158 Å². The summed E-state index contributed by atoms with van der Waals surface area (Å²) >= 11 is 0.